The van der Waals surface area contributed by atoms with Gasteiger partial charge in [-0.25, -0.2) is 4.39 Å². The van der Waals surface area contributed by atoms with Gasteiger partial charge >= 0.3 is 0 Å². The molecule has 2 N–H and O–H groups in total. The van der Waals surface area contributed by atoms with Crippen LogP contribution in [0.2, 0.25) is 5.02 Å². The summed E-state index contributed by atoms with van der Waals surface area (Å²) in [4.78, 5) is 0. The summed E-state index contributed by atoms with van der Waals surface area (Å²) < 4.78 is 13.7. The fourth-order valence-electron chi connectivity index (χ4n) is 2.85. The Hall–Kier alpha value is -0.600. The van der Waals surface area contributed by atoms with Gasteiger partial charge in [-0.15, -0.1) is 0 Å². The first-order valence-electron chi connectivity index (χ1n) is 6.87. The highest BCUT2D eigenvalue weighted by Gasteiger charge is 2.17. The number of halogens is 2. The summed E-state index contributed by atoms with van der Waals surface area (Å²) in [5.41, 5.74) is 6.67. The Labute approximate surface area is 114 Å². The molecule has 0 spiro atoms. The van der Waals surface area contributed by atoms with Crippen molar-refractivity contribution in [1.82, 2.24) is 0 Å². The average Bonchev–Trinajstić information content (AvgIpc) is 2.37. The molecule has 1 atom stereocenters. The van der Waals surface area contributed by atoms with Crippen molar-refractivity contribution in [2.45, 2.75) is 51.0 Å². The van der Waals surface area contributed by atoms with E-state index in [2.05, 4.69) is 0 Å². The molecule has 1 fully saturated rings. The van der Waals surface area contributed by atoms with Crippen molar-refractivity contribution in [3.63, 3.8) is 0 Å². The fraction of sp³-hybridized carbons (Fsp3) is 0.600. The topological polar surface area (TPSA) is 26.0 Å². The zero-order valence-corrected chi connectivity index (χ0v) is 11.4. The second kappa shape index (κ2) is 6.53. The molecule has 1 aromatic rings. The van der Waals surface area contributed by atoms with Gasteiger partial charge in [0.05, 0.1) is 0 Å². The lowest BCUT2D eigenvalue weighted by atomic mass is 9.84. The third-order valence-electron chi connectivity index (χ3n) is 3.97. The summed E-state index contributed by atoms with van der Waals surface area (Å²) in [7, 11) is 0. The smallest absolute Gasteiger partial charge is 0.129 e. The zero-order chi connectivity index (χ0) is 13.0. The molecule has 0 amide bonds. The van der Waals surface area contributed by atoms with Crippen LogP contribution in [-0.2, 0) is 0 Å². The second-order valence-corrected chi connectivity index (χ2v) is 5.79. The molecule has 1 saturated carbocycles. The van der Waals surface area contributed by atoms with Crippen LogP contribution < -0.4 is 5.73 Å². The van der Waals surface area contributed by atoms with E-state index >= 15 is 0 Å². The highest BCUT2D eigenvalue weighted by atomic mass is 35.5. The van der Waals surface area contributed by atoms with Gasteiger partial charge in [-0.1, -0.05) is 49.8 Å². The summed E-state index contributed by atoms with van der Waals surface area (Å²) in [5, 5.41) is 0.427. The monoisotopic (exact) mass is 269 g/mol. The summed E-state index contributed by atoms with van der Waals surface area (Å²) in [6, 6.07) is 4.56. The number of benzene rings is 1. The van der Waals surface area contributed by atoms with Gasteiger partial charge in [0.2, 0.25) is 0 Å². The van der Waals surface area contributed by atoms with Crippen molar-refractivity contribution >= 4 is 11.6 Å². The maximum Gasteiger partial charge on any atom is 0.129 e. The molecule has 0 saturated heterocycles. The molecule has 0 heterocycles. The molecular weight excluding hydrogens is 249 g/mol. The first-order valence-corrected chi connectivity index (χ1v) is 7.25. The minimum absolute atomic E-state index is 0.204. The minimum atomic E-state index is -0.279. The van der Waals surface area contributed by atoms with E-state index in [4.69, 9.17) is 17.3 Å². The van der Waals surface area contributed by atoms with Gasteiger partial charge < -0.3 is 5.73 Å². The Morgan fingerprint density at radius 1 is 1.28 bits per heavy atom. The third-order valence-corrected chi connectivity index (χ3v) is 4.21. The van der Waals surface area contributed by atoms with E-state index < -0.39 is 0 Å². The maximum atomic E-state index is 13.7. The van der Waals surface area contributed by atoms with Crippen molar-refractivity contribution in [1.29, 1.82) is 0 Å². The first kappa shape index (κ1) is 13.8. The van der Waals surface area contributed by atoms with Gasteiger partial charge in [-0.3, -0.25) is 0 Å². The molecule has 100 valence electrons. The van der Waals surface area contributed by atoms with Gasteiger partial charge in [-0.2, -0.15) is 0 Å². The minimum Gasteiger partial charge on any atom is -0.324 e. The quantitative estimate of drug-likeness (QED) is 0.832. The molecule has 2 rings (SSSR count). The van der Waals surface area contributed by atoms with Crippen LogP contribution in [-0.4, -0.2) is 0 Å². The van der Waals surface area contributed by atoms with Crippen molar-refractivity contribution < 1.29 is 4.39 Å². The van der Waals surface area contributed by atoms with Crippen LogP contribution in [0.25, 0.3) is 0 Å². The van der Waals surface area contributed by atoms with Gasteiger partial charge in [-0.05, 0) is 30.9 Å². The number of nitrogens with two attached hydrogens (primary N) is 1. The third kappa shape index (κ3) is 3.69. The van der Waals surface area contributed by atoms with Crippen molar-refractivity contribution in [2.75, 3.05) is 0 Å². The Balaban J connectivity index is 1.88. The molecule has 1 nitrogen and oxygen atoms in total. The molecule has 3 heteroatoms. The van der Waals surface area contributed by atoms with Gasteiger partial charge in [0.25, 0.3) is 0 Å². The maximum absolute atomic E-state index is 13.7. The van der Waals surface area contributed by atoms with E-state index in [1.54, 1.807) is 12.1 Å². The number of hydrogen-bond donors (Lipinski definition) is 1. The number of hydrogen-bond acceptors (Lipinski definition) is 1. The predicted octanol–water partition coefficient (Wildman–Crippen LogP) is 4.84. The standard InChI is InChI=1S/C15H21ClFN/c16-12-7-8-13(14(17)10-12)15(18)9-6-11-4-2-1-3-5-11/h7-8,10-11,15H,1-6,9,18H2. The lowest BCUT2D eigenvalue weighted by Crippen LogP contribution is -2.15. The predicted molar refractivity (Wildman–Crippen MR) is 74.1 cm³/mol. The van der Waals surface area contributed by atoms with Crippen LogP contribution in [0.4, 0.5) is 4.39 Å². The lowest BCUT2D eigenvalue weighted by molar-refractivity contribution is 0.323. The molecule has 1 aliphatic carbocycles. The molecule has 1 unspecified atom stereocenters. The molecular formula is C15H21ClFN. The second-order valence-electron chi connectivity index (χ2n) is 5.35. The van der Waals surface area contributed by atoms with Crippen LogP contribution in [0.15, 0.2) is 18.2 Å². The van der Waals surface area contributed by atoms with Gasteiger partial charge in [0, 0.05) is 16.6 Å². The van der Waals surface area contributed by atoms with Crippen molar-refractivity contribution in [3.05, 3.63) is 34.6 Å². The van der Waals surface area contributed by atoms with Crippen LogP contribution in [0.3, 0.4) is 0 Å². The SMILES string of the molecule is NC(CCC1CCCCC1)c1ccc(Cl)cc1F. The number of rotatable bonds is 4. The Bertz CT molecular complexity index is 388. The zero-order valence-electron chi connectivity index (χ0n) is 10.7. The van der Waals surface area contributed by atoms with E-state index in [0.717, 1.165) is 18.8 Å². The summed E-state index contributed by atoms with van der Waals surface area (Å²) in [5.74, 6) is 0.513. The van der Waals surface area contributed by atoms with Crippen LogP contribution in [0, 0.1) is 11.7 Å². The van der Waals surface area contributed by atoms with Crippen LogP contribution >= 0.6 is 11.6 Å². The lowest BCUT2D eigenvalue weighted by Gasteiger charge is -2.23. The van der Waals surface area contributed by atoms with E-state index in [1.165, 1.54) is 38.2 Å². The molecule has 0 bridgehead atoms. The van der Waals surface area contributed by atoms with Crippen LogP contribution in [0.5, 0.6) is 0 Å². The largest absolute Gasteiger partial charge is 0.324 e. The molecule has 0 radical (unpaired) electrons. The van der Waals surface area contributed by atoms with E-state index in [0.29, 0.717) is 10.6 Å². The Morgan fingerprint density at radius 2 is 2.00 bits per heavy atom. The molecule has 1 aliphatic rings. The normalized spacial score (nSPS) is 18.8. The first-order chi connectivity index (χ1) is 8.66. The Kier molecular flexibility index (Phi) is 5.02. The van der Waals surface area contributed by atoms with E-state index in [1.807, 2.05) is 0 Å². The highest BCUT2D eigenvalue weighted by Crippen LogP contribution is 2.30. The highest BCUT2D eigenvalue weighted by molar-refractivity contribution is 6.30. The van der Waals surface area contributed by atoms with Crippen molar-refractivity contribution in [2.24, 2.45) is 11.7 Å². The average molecular weight is 270 g/mol. The molecule has 1 aromatic carbocycles. The molecule has 0 aromatic heterocycles. The van der Waals surface area contributed by atoms with Gasteiger partial charge in [0.1, 0.15) is 5.82 Å². The van der Waals surface area contributed by atoms with Crippen LogP contribution in [0.1, 0.15) is 56.6 Å². The fourth-order valence-corrected chi connectivity index (χ4v) is 3.01. The van der Waals surface area contributed by atoms with Gasteiger partial charge in [0.15, 0.2) is 0 Å². The van der Waals surface area contributed by atoms with Crippen molar-refractivity contribution in [3.8, 4) is 0 Å². The molecule has 18 heavy (non-hydrogen) atoms. The summed E-state index contributed by atoms with van der Waals surface area (Å²) >= 11 is 5.74. The summed E-state index contributed by atoms with van der Waals surface area (Å²) in [6.07, 6.45) is 8.66. The summed E-state index contributed by atoms with van der Waals surface area (Å²) in [6.45, 7) is 0. The molecule has 0 aliphatic heterocycles. The van der Waals surface area contributed by atoms with E-state index in [-0.39, 0.29) is 11.9 Å². The Morgan fingerprint density at radius 3 is 2.67 bits per heavy atom. The van der Waals surface area contributed by atoms with E-state index in [9.17, 15) is 4.39 Å².